The number of fused-ring (bicyclic) bond motifs is 1. The van der Waals surface area contributed by atoms with Gasteiger partial charge in [0.15, 0.2) is 4.34 Å². The van der Waals surface area contributed by atoms with E-state index in [0.717, 1.165) is 27.4 Å². The van der Waals surface area contributed by atoms with Crippen molar-refractivity contribution >= 4 is 56.8 Å². The van der Waals surface area contributed by atoms with Gasteiger partial charge in [0.2, 0.25) is 5.91 Å². The van der Waals surface area contributed by atoms with E-state index < -0.39 is 0 Å². The number of nitrogens with zero attached hydrogens (tertiary/aromatic N) is 2. The largest absolute Gasteiger partial charge is 0.466 e. The zero-order valence-electron chi connectivity index (χ0n) is 13.9. The number of esters is 1. The van der Waals surface area contributed by atoms with Crippen LogP contribution in [0, 0.1) is 5.92 Å². The molecule has 1 fully saturated rings. The normalized spacial score (nSPS) is 17.7. The summed E-state index contributed by atoms with van der Waals surface area (Å²) < 4.78 is 6.99. The van der Waals surface area contributed by atoms with Crippen LogP contribution < -0.4 is 0 Å². The molecule has 1 aliphatic heterocycles. The summed E-state index contributed by atoms with van der Waals surface area (Å²) in [5.74, 6) is -0.0393. The van der Waals surface area contributed by atoms with Crippen LogP contribution in [-0.2, 0) is 14.3 Å². The molecule has 1 aromatic heterocycles. The fourth-order valence-electron chi connectivity index (χ4n) is 2.81. The Balaban J connectivity index is 1.56. The molecule has 5 nitrogen and oxygen atoms in total. The number of aromatic nitrogens is 1. The standard InChI is InChI=1S/C17H19ClN2O3S2/c1-2-23-16(22)11-4-3-7-20(9-11)15(21)10-24-17-19-13-8-12(18)5-6-14(13)25-17/h5-6,8,11H,2-4,7,9-10H2,1H3/t11-/m0/s1. The molecule has 2 heterocycles. The third kappa shape index (κ3) is 4.65. The Morgan fingerprint density at radius 1 is 1.48 bits per heavy atom. The van der Waals surface area contributed by atoms with E-state index in [-0.39, 0.29) is 17.8 Å². The third-order valence-corrected chi connectivity index (χ3v) is 6.44. The van der Waals surface area contributed by atoms with Crippen molar-refractivity contribution in [3.63, 3.8) is 0 Å². The number of likely N-dealkylation sites (tertiary alicyclic amines) is 1. The molecule has 8 heteroatoms. The van der Waals surface area contributed by atoms with Gasteiger partial charge in [0, 0.05) is 18.1 Å². The molecule has 3 rings (SSSR count). The highest BCUT2D eigenvalue weighted by Crippen LogP contribution is 2.31. The van der Waals surface area contributed by atoms with Crippen molar-refractivity contribution in [1.82, 2.24) is 9.88 Å². The number of piperidine rings is 1. The lowest BCUT2D eigenvalue weighted by atomic mass is 9.98. The molecule has 1 atom stereocenters. The summed E-state index contributed by atoms with van der Waals surface area (Å²) in [6.45, 7) is 3.32. The number of hydrogen-bond donors (Lipinski definition) is 0. The quantitative estimate of drug-likeness (QED) is 0.565. The van der Waals surface area contributed by atoms with Crippen molar-refractivity contribution in [2.24, 2.45) is 5.92 Å². The summed E-state index contributed by atoms with van der Waals surface area (Å²) in [5, 5.41) is 0.656. The van der Waals surface area contributed by atoms with E-state index in [1.54, 1.807) is 23.2 Å². The Morgan fingerprint density at radius 3 is 3.12 bits per heavy atom. The number of rotatable bonds is 5. The molecule has 1 amide bonds. The molecule has 1 aliphatic rings. The number of hydrogen-bond acceptors (Lipinski definition) is 6. The number of amides is 1. The first-order valence-electron chi connectivity index (χ1n) is 8.20. The van der Waals surface area contributed by atoms with E-state index in [9.17, 15) is 9.59 Å². The average molecular weight is 399 g/mol. The summed E-state index contributed by atoms with van der Waals surface area (Å²) in [6, 6.07) is 5.61. The van der Waals surface area contributed by atoms with E-state index in [4.69, 9.17) is 16.3 Å². The van der Waals surface area contributed by atoms with Gasteiger partial charge < -0.3 is 9.64 Å². The highest BCUT2D eigenvalue weighted by atomic mass is 35.5. The summed E-state index contributed by atoms with van der Waals surface area (Å²) in [6.07, 6.45) is 1.62. The maximum atomic E-state index is 12.5. The van der Waals surface area contributed by atoms with Crippen molar-refractivity contribution in [2.75, 3.05) is 25.4 Å². The van der Waals surface area contributed by atoms with Crippen molar-refractivity contribution in [3.8, 4) is 0 Å². The molecule has 0 spiro atoms. The van der Waals surface area contributed by atoms with Crippen molar-refractivity contribution in [1.29, 1.82) is 0 Å². The van der Waals surface area contributed by atoms with Crippen LogP contribution in [0.25, 0.3) is 10.2 Å². The van der Waals surface area contributed by atoms with E-state index in [2.05, 4.69) is 4.98 Å². The van der Waals surface area contributed by atoms with Gasteiger partial charge in [-0.05, 0) is 38.0 Å². The lowest BCUT2D eigenvalue weighted by Gasteiger charge is -2.31. The summed E-state index contributed by atoms with van der Waals surface area (Å²) in [4.78, 5) is 30.6. The van der Waals surface area contributed by atoms with Crippen LogP contribution in [-0.4, -0.2) is 47.2 Å². The predicted molar refractivity (Wildman–Crippen MR) is 101 cm³/mol. The van der Waals surface area contributed by atoms with Gasteiger partial charge in [-0.15, -0.1) is 11.3 Å². The molecule has 1 aromatic carbocycles. The Hall–Kier alpha value is -1.31. The van der Waals surface area contributed by atoms with E-state index in [1.807, 2.05) is 18.2 Å². The number of carbonyl (C=O) groups excluding carboxylic acids is 2. The van der Waals surface area contributed by atoms with Gasteiger partial charge in [-0.25, -0.2) is 4.98 Å². The number of benzene rings is 1. The first-order chi connectivity index (χ1) is 12.1. The van der Waals surface area contributed by atoms with Crippen molar-refractivity contribution < 1.29 is 14.3 Å². The molecule has 0 saturated carbocycles. The van der Waals surface area contributed by atoms with Gasteiger partial charge >= 0.3 is 5.97 Å². The summed E-state index contributed by atoms with van der Waals surface area (Å²) >= 11 is 8.96. The van der Waals surface area contributed by atoms with E-state index >= 15 is 0 Å². The number of halogens is 1. The lowest BCUT2D eigenvalue weighted by molar-refractivity contribution is -0.151. The molecule has 0 aliphatic carbocycles. The van der Waals surface area contributed by atoms with Crippen LogP contribution >= 0.6 is 34.7 Å². The second-order valence-corrected chi connectivity index (χ2v) is 8.50. The number of ether oxygens (including phenoxy) is 1. The Labute approximate surface area is 159 Å². The van der Waals surface area contributed by atoms with Crippen LogP contribution in [0.5, 0.6) is 0 Å². The molecular formula is C17H19ClN2O3S2. The average Bonchev–Trinajstić information content (AvgIpc) is 3.02. The Bertz CT molecular complexity index is 780. The third-order valence-electron chi connectivity index (χ3n) is 4.04. The van der Waals surface area contributed by atoms with Crippen molar-refractivity contribution in [2.45, 2.75) is 24.1 Å². The van der Waals surface area contributed by atoms with Gasteiger partial charge in [-0.3, -0.25) is 9.59 Å². The zero-order valence-corrected chi connectivity index (χ0v) is 16.3. The smallest absolute Gasteiger partial charge is 0.310 e. The summed E-state index contributed by atoms with van der Waals surface area (Å²) in [7, 11) is 0. The van der Waals surface area contributed by atoms with Crippen LogP contribution in [0.4, 0.5) is 0 Å². The molecule has 0 unspecified atom stereocenters. The minimum absolute atomic E-state index is 0.0382. The zero-order chi connectivity index (χ0) is 17.8. The SMILES string of the molecule is CCOC(=O)[C@H]1CCCN(C(=O)CSc2nc3cc(Cl)ccc3s2)C1. The monoisotopic (exact) mass is 398 g/mol. The molecule has 0 radical (unpaired) electrons. The minimum Gasteiger partial charge on any atom is -0.466 e. The van der Waals surface area contributed by atoms with Crippen LogP contribution in [0.3, 0.4) is 0 Å². The predicted octanol–water partition coefficient (Wildman–Crippen LogP) is 3.84. The molecule has 0 N–H and O–H groups in total. The highest BCUT2D eigenvalue weighted by Gasteiger charge is 2.29. The van der Waals surface area contributed by atoms with Crippen LogP contribution in [0.1, 0.15) is 19.8 Å². The van der Waals surface area contributed by atoms with Gasteiger partial charge in [0.05, 0.1) is 28.5 Å². The fraction of sp³-hybridized carbons (Fsp3) is 0.471. The topological polar surface area (TPSA) is 59.5 Å². The summed E-state index contributed by atoms with van der Waals surface area (Å²) in [5.41, 5.74) is 0.854. The maximum Gasteiger partial charge on any atom is 0.310 e. The second kappa shape index (κ2) is 8.38. The highest BCUT2D eigenvalue weighted by molar-refractivity contribution is 8.01. The van der Waals surface area contributed by atoms with E-state index in [1.165, 1.54) is 11.8 Å². The molecule has 134 valence electrons. The van der Waals surface area contributed by atoms with Crippen molar-refractivity contribution in [3.05, 3.63) is 23.2 Å². The number of thioether (sulfide) groups is 1. The Morgan fingerprint density at radius 2 is 2.32 bits per heavy atom. The Kier molecular flexibility index (Phi) is 6.19. The van der Waals surface area contributed by atoms with Gasteiger partial charge in [0.1, 0.15) is 0 Å². The molecular weight excluding hydrogens is 380 g/mol. The molecule has 2 aromatic rings. The van der Waals surface area contributed by atoms with E-state index in [0.29, 0.717) is 30.5 Å². The van der Waals surface area contributed by atoms with Gasteiger partial charge in [0.25, 0.3) is 0 Å². The maximum absolute atomic E-state index is 12.5. The fourth-order valence-corrected chi connectivity index (χ4v) is 4.93. The second-order valence-electron chi connectivity index (χ2n) is 5.81. The minimum atomic E-state index is -0.202. The van der Waals surface area contributed by atoms with Gasteiger partial charge in [-0.2, -0.15) is 0 Å². The molecule has 1 saturated heterocycles. The number of carbonyl (C=O) groups is 2. The first-order valence-corrected chi connectivity index (χ1v) is 10.4. The number of thiazole rings is 1. The molecule has 0 bridgehead atoms. The first kappa shape index (κ1) is 18.5. The van der Waals surface area contributed by atoms with Crippen LogP contribution in [0.2, 0.25) is 5.02 Å². The molecule has 25 heavy (non-hydrogen) atoms. The van der Waals surface area contributed by atoms with Crippen LogP contribution in [0.15, 0.2) is 22.5 Å². The van der Waals surface area contributed by atoms with Gasteiger partial charge in [-0.1, -0.05) is 23.4 Å². The lowest BCUT2D eigenvalue weighted by Crippen LogP contribution is -2.43.